The van der Waals surface area contributed by atoms with Crippen LogP contribution in [0.2, 0.25) is 0 Å². The standard InChI is InChI=1S/C17H29N3O4/c1-24-9-3-7-17(13-21)12-20(8-6-15(17)22)16(23)5-2-4-14-10-18-19-11-14/h10-11,15,21-22H,2-9,12-13H2,1H3,(H,18,19)/t15-,17+/m1/s1. The van der Waals surface area contributed by atoms with Crippen LogP contribution in [0.1, 0.15) is 37.7 Å². The van der Waals surface area contributed by atoms with Gasteiger partial charge in [0.15, 0.2) is 0 Å². The fraction of sp³-hybridized carbons (Fsp3) is 0.765. The molecular weight excluding hydrogens is 310 g/mol. The first-order valence-corrected chi connectivity index (χ1v) is 8.64. The highest BCUT2D eigenvalue weighted by Crippen LogP contribution is 2.35. The van der Waals surface area contributed by atoms with Gasteiger partial charge in [-0.05, 0) is 37.7 Å². The highest BCUT2D eigenvalue weighted by atomic mass is 16.5. The van der Waals surface area contributed by atoms with Gasteiger partial charge in [0.05, 0.1) is 18.9 Å². The summed E-state index contributed by atoms with van der Waals surface area (Å²) >= 11 is 0. The predicted octanol–water partition coefficient (Wildman–Crippen LogP) is 0.731. The van der Waals surface area contributed by atoms with Crippen LogP contribution in [0, 0.1) is 5.41 Å². The third-order valence-electron chi connectivity index (χ3n) is 4.99. The molecule has 1 aliphatic rings. The second-order valence-electron chi connectivity index (χ2n) is 6.70. The molecule has 7 heteroatoms. The topological polar surface area (TPSA) is 98.7 Å². The van der Waals surface area contributed by atoms with Crippen LogP contribution < -0.4 is 0 Å². The molecule has 136 valence electrons. The Kier molecular flexibility index (Phi) is 7.20. The van der Waals surface area contributed by atoms with Crippen molar-refractivity contribution in [1.82, 2.24) is 15.1 Å². The van der Waals surface area contributed by atoms with Crippen LogP contribution in [0.25, 0.3) is 0 Å². The third kappa shape index (κ3) is 4.78. The van der Waals surface area contributed by atoms with E-state index < -0.39 is 11.5 Å². The van der Waals surface area contributed by atoms with E-state index in [2.05, 4.69) is 10.2 Å². The van der Waals surface area contributed by atoms with E-state index in [-0.39, 0.29) is 12.5 Å². The number of carbonyl (C=O) groups excluding carboxylic acids is 1. The number of nitrogens with zero attached hydrogens (tertiary/aromatic N) is 2. The fourth-order valence-corrected chi connectivity index (χ4v) is 3.43. The minimum atomic E-state index is -0.628. The largest absolute Gasteiger partial charge is 0.396 e. The number of piperidine rings is 1. The number of H-pyrrole nitrogens is 1. The van der Waals surface area contributed by atoms with E-state index in [4.69, 9.17) is 4.74 Å². The van der Waals surface area contributed by atoms with Crippen molar-refractivity contribution in [3.8, 4) is 0 Å². The highest BCUT2D eigenvalue weighted by molar-refractivity contribution is 5.76. The molecule has 0 aromatic carbocycles. The van der Waals surface area contributed by atoms with Gasteiger partial charge < -0.3 is 19.8 Å². The van der Waals surface area contributed by atoms with E-state index in [0.29, 0.717) is 39.0 Å². The average molecular weight is 339 g/mol. The molecule has 7 nitrogen and oxygen atoms in total. The number of methoxy groups -OCH3 is 1. The molecule has 0 aliphatic carbocycles. The molecule has 0 spiro atoms. The summed E-state index contributed by atoms with van der Waals surface area (Å²) in [6.07, 6.45) is 7.03. The molecule has 1 aromatic rings. The number of aromatic amines is 1. The van der Waals surface area contributed by atoms with Crippen LogP contribution in [0.4, 0.5) is 0 Å². The number of hydrogen-bond acceptors (Lipinski definition) is 5. The van der Waals surface area contributed by atoms with Gasteiger partial charge in [-0.25, -0.2) is 0 Å². The molecule has 0 unspecified atom stereocenters. The summed E-state index contributed by atoms with van der Waals surface area (Å²) in [5.74, 6) is 0.0926. The van der Waals surface area contributed by atoms with E-state index in [9.17, 15) is 15.0 Å². The normalized spacial score (nSPS) is 24.3. The molecule has 24 heavy (non-hydrogen) atoms. The summed E-state index contributed by atoms with van der Waals surface area (Å²) in [6, 6.07) is 0. The van der Waals surface area contributed by atoms with Crippen molar-refractivity contribution in [2.75, 3.05) is 33.4 Å². The van der Waals surface area contributed by atoms with Gasteiger partial charge in [0.25, 0.3) is 0 Å². The number of aryl methyl sites for hydroxylation is 1. The number of aliphatic hydroxyl groups is 2. The van der Waals surface area contributed by atoms with Gasteiger partial charge in [-0.2, -0.15) is 5.10 Å². The number of nitrogens with one attached hydrogen (secondary N) is 1. The number of ether oxygens (including phenoxy) is 1. The van der Waals surface area contributed by atoms with Gasteiger partial charge in [0.2, 0.25) is 5.91 Å². The van der Waals surface area contributed by atoms with Gasteiger partial charge in [-0.3, -0.25) is 9.89 Å². The van der Waals surface area contributed by atoms with Crippen molar-refractivity contribution >= 4 is 5.91 Å². The minimum absolute atomic E-state index is 0.0926. The lowest BCUT2D eigenvalue weighted by molar-refractivity contribution is -0.142. The Balaban J connectivity index is 1.86. The lowest BCUT2D eigenvalue weighted by atomic mass is 9.74. The molecule has 0 bridgehead atoms. The van der Waals surface area contributed by atoms with Crippen molar-refractivity contribution in [2.45, 2.75) is 44.6 Å². The molecule has 1 aliphatic heterocycles. The van der Waals surface area contributed by atoms with Crippen molar-refractivity contribution < 1.29 is 19.7 Å². The van der Waals surface area contributed by atoms with E-state index in [0.717, 1.165) is 24.8 Å². The first-order valence-electron chi connectivity index (χ1n) is 8.64. The molecule has 1 aromatic heterocycles. The van der Waals surface area contributed by atoms with Crippen molar-refractivity contribution in [1.29, 1.82) is 0 Å². The van der Waals surface area contributed by atoms with Crippen molar-refractivity contribution in [2.24, 2.45) is 5.41 Å². The minimum Gasteiger partial charge on any atom is -0.396 e. The summed E-state index contributed by atoms with van der Waals surface area (Å²) in [6.45, 7) is 1.44. The van der Waals surface area contributed by atoms with E-state index in [1.807, 2.05) is 6.20 Å². The lowest BCUT2D eigenvalue weighted by Gasteiger charge is -2.45. The monoisotopic (exact) mass is 339 g/mol. The van der Waals surface area contributed by atoms with Crippen LogP contribution in [-0.2, 0) is 16.0 Å². The second kappa shape index (κ2) is 9.15. The summed E-state index contributed by atoms with van der Waals surface area (Å²) in [5.41, 5.74) is 0.470. The fourth-order valence-electron chi connectivity index (χ4n) is 3.43. The van der Waals surface area contributed by atoms with Gasteiger partial charge in [-0.1, -0.05) is 0 Å². The Hall–Kier alpha value is -1.44. The Morgan fingerprint density at radius 2 is 2.38 bits per heavy atom. The van der Waals surface area contributed by atoms with E-state index in [1.165, 1.54) is 0 Å². The molecular formula is C17H29N3O4. The number of likely N-dealkylation sites (tertiary alicyclic amines) is 1. The molecule has 2 rings (SSSR count). The number of aromatic nitrogens is 2. The second-order valence-corrected chi connectivity index (χ2v) is 6.70. The molecule has 0 saturated carbocycles. The Bertz CT molecular complexity index is 494. The maximum absolute atomic E-state index is 12.5. The number of hydrogen-bond donors (Lipinski definition) is 3. The lowest BCUT2D eigenvalue weighted by Crippen LogP contribution is -2.55. The van der Waals surface area contributed by atoms with Crippen LogP contribution in [0.3, 0.4) is 0 Å². The van der Waals surface area contributed by atoms with Crippen LogP contribution in [0.5, 0.6) is 0 Å². The zero-order valence-corrected chi connectivity index (χ0v) is 14.4. The Morgan fingerprint density at radius 1 is 1.54 bits per heavy atom. The van der Waals surface area contributed by atoms with E-state index >= 15 is 0 Å². The summed E-state index contributed by atoms with van der Waals surface area (Å²) < 4.78 is 5.07. The van der Waals surface area contributed by atoms with Crippen molar-refractivity contribution in [3.63, 3.8) is 0 Å². The first-order chi connectivity index (χ1) is 11.6. The molecule has 1 saturated heterocycles. The average Bonchev–Trinajstić information content (AvgIpc) is 3.10. The maximum Gasteiger partial charge on any atom is 0.222 e. The Morgan fingerprint density at radius 3 is 3.04 bits per heavy atom. The van der Waals surface area contributed by atoms with Crippen LogP contribution in [-0.4, -0.2) is 70.7 Å². The number of amides is 1. The number of aliphatic hydroxyl groups excluding tert-OH is 2. The summed E-state index contributed by atoms with van der Waals surface area (Å²) in [4.78, 5) is 14.3. The third-order valence-corrected chi connectivity index (χ3v) is 4.99. The maximum atomic E-state index is 12.5. The highest BCUT2D eigenvalue weighted by Gasteiger charge is 2.42. The van der Waals surface area contributed by atoms with Gasteiger partial charge >= 0.3 is 0 Å². The SMILES string of the molecule is COCCC[C@@]1(CO)CN(C(=O)CCCc2cn[nH]c2)CC[C@H]1O. The molecule has 3 N–H and O–H groups in total. The molecule has 1 amide bonds. The van der Waals surface area contributed by atoms with Crippen LogP contribution >= 0.6 is 0 Å². The summed E-state index contributed by atoms with van der Waals surface area (Å²) in [7, 11) is 1.64. The van der Waals surface area contributed by atoms with E-state index in [1.54, 1.807) is 18.2 Å². The molecule has 2 heterocycles. The summed E-state index contributed by atoms with van der Waals surface area (Å²) in [5, 5.41) is 26.9. The zero-order chi connectivity index (χ0) is 17.4. The predicted molar refractivity (Wildman–Crippen MR) is 89.4 cm³/mol. The zero-order valence-electron chi connectivity index (χ0n) is 14.4. The van der Waals surface area contributed by atoms with Gasteiger partial charge in [-0.15, -0.1) is 0 Å². The van der Waals surface area contributed by atoms with Gasteiger partial charge in [0.1, 0.15) is 0 Å². The smallest absolute Gasteiger partial charge is 0.222 e. The first kappa shape index (κ1) is 18.9. The van der Waals surface area contributed by atoms with Crippen LogP contribution in [0.15, 0.2) is 12.4 Å². The molecule has 1 fully saturated rings. The Labute approximate surface area is 143 Å². The van der Waals surface area contributed by atoms with Gasteiger partial charge in [0, 0.05) is 44.8 Å². The molecule has 2 atom stereocenters. The van der Waals surface area contributed by atoms with Crippen molar-refractivity contribution in [3.05, 3.63) is 18.0 Å². The quantitative estimate of drug-likeness (QED) is 0.576. The molecule has 0 radical (unpaired) electrons. The number of rotatable bonds is 9. The number of carbonyl (C=O) groups is 1.